The van der Waals surface area contributed by atoms with Crippen molar-refractivity contribution < 1.29 is 9.53 Å². The lowest BCUT2D eigenvalue weighted by atomic mass is 9.99. The maximum Gasteiger partial charge on any atom is 0.348 e. The molecule has 1 saturated heterocycles. The third-order valence-electron chi connectivity index (χ3n) is 4.74. The number of hydrogen-bond donors (Lipinski definition) is 0. The molecule has 0 spiro atoms. The van der Waals surface area contributed by atoms with Gasteiger partial charge in [-0.15, -0.1) is 11.3 Å². The highest BCUT2D eigenvalue weighted by molar-refractivity contribution is 7.20. The normalized spacial score (nSPS) is 17.9. The summed E-state index contributed by atoms with van der Waals surface area (Å²) < 4.78 is 5.32. The summed E-state index contributed by atoms with van der Waals surface area (Å²) in [6, 6.07) is 0.456. The van der Waals surface area contributed by atoms with Crippen LogP contribution in [0.4, 0.5) is 5.82 Å². The average molecular weight is 382 g/mol. The van der Waals surface area contributed by atoms with Crippen molar-refractivity contribution in [2.45, 2.75) is 58.9 Å². The maximum atomic E-state index is 12.4. The quantitative estimate of drug-likeness (QED) is 0.539. The van der Waals surface area contributed by atoms with Gasteiger partial charge >= 0.3 is 5.97 Å². The first-order valence-electron chi connectivity index (χ1n) is 8.97. The van der Waals surface area contributed by atoms with E-state index in [-0.39, 0.29) is 11.3 Å². The largest absolute Gasteiger partial charge is 0.462 e. The second kappa shape index (κ2) is 7.87. The number of anilines is 1. The molecule has 1 fully saturated rings. The van der Waals surface area contributed by atoms with E-state index in [1.165, 1.54) is 17.8 Å². The molecule has 0 bridgehead atoms. The van der Waals surface area contributed by atoms with E-state index in [0.29, 0.717) is 17.5 Å². The number of aryl methyl sites for hydroxylation is 1. The molecule has 1 aliphatic rings. The highest BCUT2D eigenvalue weighted by atomic mass is 35.5. The summed E-state index contributed by atoms with van der Waals surface area (Å²) in [5.74, 6) is 0.583. The predicted octanol–water partition coefficient (Wildman–Crippen LogP) is 4.99. The second-order valence-electron chi connectivity index (χ2n) is 6.44. The Morgan fingerprint density at radius 1 is 1.36 bits per heavy atom. The molecule has 1 atom stereocenters. The Morgan fingerprint density at radius 3 is 2.88 bits per heavy atom. The first-order chi connectivity index (χ1) is 12.1. The Morgan fingerprint density at radius 2 is 2.16 bits per heavy atom. The van der Waals surface area contributed by atoms with E-state index in [2.05, 4.69) is 21.8 Å². The SMILES string of the molecule is CCCOC(=O)c1sc2nc(Cl)nc(N3CCCCC3CC)c2c1C. The van der Waals surface area contributed by atoms with Gasteiger partial charge in [-0.25, -0.2) is 9.78 Å². The number of thiophene rings is 1. The molecule has 0 radical (unpaired) electrons. The zero-order valence-electron chi connectivity index (χ0n) is 15.0. The van der Waals surface area contributed by atoms with Crippen LogP contribution in [-0.4, -0.2) is 35.1 Å². The highest BCUT2D eigenvalue weighted by Crippen LogP contribution is 2.38. The molecule has 1 unspecified atom stereocenters. The van der Waals surface area contributed by atoms with Crippen molar-refractivity contribution in [3.05, 3.63) is 15.7 Å². The molecule has 7 heteroatoms. The summed E-state index contributed by atoms with van der Waals surface area (Å²) in [6.07, 6.45) is 5.42. The van der Waals surface area contributed by atoms with E-state index in [0.717, 1.165) is 53.8 Å². The van der Waals surface area contributed by atoms with Crippen molar-refractivity contribution in [2.75, 3.05) is 18.1 Å². The summed E-state index contributed by atoms with van der Waals surface area (Å²) >= 11 is 7.55. The van der Waals surface area contributed by atoms with Crippen LogP contribution >= 0.6 is 22.9 Å². The minimum Gasteiger partial charge on any atom is -0.462 e. The number of piperidine rings is 1. The van der Waals surface area contributed by atoms with Gasteiger partial charge in [0.1, 0.15) is 15.5 Å². The van der Waals surface area contributed by atoms with Crippen molar-refractivity contribution in [2.24, 2.45) is 0 Å². The number of ether oxygens (including phenoxy) is 1. The van der Waals surface area contributed by atoms with Gasteiger partial charge in [-0.2, -0.15) is 4.98 Å². The number of hydrogen-bond acceptors (Lipinski definition) is 6. The van der Waals surface area contributed by atoms with Crippen LogP contribution in [0.15, 0.2) is 0 Å². The minimum atomic E-state index is -0.282. The van der Waals surface area contributed by atoms with Crippen molar-refractivity contribution >= 4 is 44.9 Å². The molecule has 3 rings (SSSR count). The molecule has 136 valence electrons. The third-order valence-corrected chi connectivity index (χ3v) is 6.07. The van der Waals surface area contributed by atoms with Gasteiger partial charge in [0.2, 0.25) is 5.28 Å². The average Bonchev–Trinajstić information content (AvgIpc) is 2.95. The molecule has 0 amide bonds. The van der Waals surface area contributed by atoms with Crippen LogP contribution in [0.1, 0.15) is 61.2 Å². The van der Waals surface area contributed by atoms with Crippen molar-refractivity contribution in [3.8, 4) is 0 Å². The molecule has 1 aliphatic heterocycles. The molecule has 0 saturated carbocycles. The fraction of sp³-hybridized carbons (Fsp3) is 0.611. The van der Waals surface area contributed by atoms with E-state index >= 15 is 0 Å². The van der Waals surface area contributed by atoms with Crippen LogP contribution in [0.5, 0.6) is 0 Å². The Bertz CT molecular complexity index is 777. The smallest absolute Gasteiger partial charge is 0.348 e. The fourth-order valence-electron chi connectivity index (χ4n) is 3.46. The lowest BCUT2D eigenvalue weighted by molar-refractivity contribution is 0.0510. The lowest BCUT2D eigenvalue weighted by Crippen LogP contribution is -2.39. The molecule has 0 N–H and O–H groups in total. The number of fused-ring (bicyclic) bond motifs is 1. The van der Waals surface area contributed by atoms with Gasteiger partial charge in [0.05, 0.1) is 12.0 Å². The van der Waals surface area contributed by atoms with Gasteiger partial charge in [0, 0.05) is 12.6 Å². The van der Waals surface area contributed by atoms with Crippen molar-refractivity contribution in [1.29, 1.82) is 0 Å². The van der Waals surface area contributed by atoms with E-state index in [9.17, 15) is 4.79 Å². The summed E-state index contributed by atoms with van der Waals surface area (Å²) in [6.45, 7) is 7.53. The van der Waals surface area contributed by atoms with Gasteiger partial charge in [-0.1, -0.05) is 13.8 Å². The number of carbonyl (C=O) groups excluding carboxylic acids is 1. The van der Waals surface area contributed by atoms with Gasteiger partial charge in [-0.05, 0) is 56.2 Å². The van der Waals surface area contributed by atoms with Crippen LogP contribution in [0.25, 0.3) is 10.2 Å². The standard InChI is InChI=1S/C18H24ClN3O2S/c1-4-10-24-17(23)14-11(3)13-15(20-18(19)21-16(13)25-14)22-9-7-6-8-12(22)5-2/h12H,4-10H2,1-3H3. The van der Waals surface area contributed by atoms with Gasteiger partial charge in [0.25, 0.3) is 0 Å². The predicted molar refractivity (Wildman–Crippen MR) is 103 cm³/mol. The number of rotatable bonds is 5. The molecule has 3 heterocycles. The molecular weight excluding hydrogens is 358 g/mol. The number of nitrogens with zero attached hydrogens (tertiary/aromatic N) is 3. The third kappa shape index (κ3) is 3.60. The van der Waals surface area contributed by atoms with Crippen molar-refractivity contribution in [3.63, 3.8) is 0 Å². The van der Waals surface area contributed by atoms with E-state index < -0.39 is 0 Å². The van der Waals surface area contributed by atoms with Crippen molar-refractivity contribution in [1.82, 2.24) is 9.97 Å². The summed E-state index contributed by atoms with van der Waals surface area (Å²) in [4.78, 5) is 25.0. The zero-order valence-corrected chi connectivity index (χ0v) is 16.5. The number of carbonyl (C=O) groups is 1. The Hall–Kier alpha value is -1.40. The van der Waals surface area contributed by atoms with Crippen LogP contribution < -0.4 is 4.90 Å². The van der Waals surface area contributed by atoms with Gasteiger partial charge < -0.3 is 9.64 Å². The molecule has 25 heavy (non-hydrogen) atoms. The topological polar surface area (TPSA) is 55.3 Å². The monoisotopic (exact) mass is 381 g/mol. The molecule has 2 aromatic rings. The number of halogens is 1. The second-order valence-corrected chi connectivity index (χ2v) is 7.78. The van der Waals surface area contributed by atoms with E-state index in [1.54, 1.807) is 0 Å². The van der Waals surface area contributed by atoms with E-state index in [4.69, 9.17) is 16.3 Å². The summed E-state index contributed by atoms with van der Waals surface area (Å²) in [5.41, 5.74) is 0.896. The molecule has 0 aromatic carbocycles. The zero-order chi connectivity index (χ0) is 18.0. The molecule has 2 aromatic heterocycles. The van der Waals surface area contributed by atoms with Gasteiger partial charge in [0.15, 0.2) is 0 Å². The number of esters is 1. The molecular formula is C18H24ClN3O2S. The Kier molecular flexibility index (Phi) is 5.79. The Labute approximate surface area is 157 Å². The Balaban J connectivity index is 2.09. The maximum absolute atomic E-state index is 12.4. The first kappa shape index (κ1) is 18.4. The van der Waals surface area contributed by atoms with E-state index in [1.807, 2.05) is 13.8 Å². The number of aromatic nitrogens is 2. The van der Waals surface area contributed by atoms with Crippen LogP contribution in [0.2, 0.25) is 5.28 Å². The molecule has 0 aliphatic carbocycles. The summed E-state index contributed by atoms with van der Waals surface area (Å²) in [5, 5.41) is 1.18. The van der Waals surface area contributed by atoms with Crippen LogP contribution in [0.3, 0.4) is 0 Å². The lowest BCUT2D eigenvalue weighted by Gasteiger charge is -2.36. The van der Waals surface area contributed by atoms with Crippen LogP contribution in [-0.2, 0) is 4.74 Å². The minimum absolute atomic E-state index is 0.234. The molecule has 5 nitrogen and oxygen atoms in total. The first-order valence-corrected chi connectivity index (χ1v) is 10.2. The summed E-state index contributed by atoms with van der Waals surface area (Å²) in [7, 11) is 0. The highest BCUT2D eigenvalue weighted by Gasteiger charge is 2.28. The fourth-order valence-corrected chi connectivity index (χ4v) is 4.74. The van der Waals surface area contributed by atoms with Crippen LogP contribution in [0, 0.1) is 6.92 Å². The van der Waals surface area contributed by atoms with Gasteiger partial charge in [-0.3, -0.25) is 0 Å².